The number of anilines is 1. The van der Waals surface area contributed by atoms with Crippen LogP contribution in [0.15, 0.2) is 109 Å². The molecule has 4 heteroatoms. The summed E-state index contributed by atoms with van der Waals surface area (Å²) in [5, 5.41) is 0. The molecule has 1 saturated heterocycles. The highest BCUT2D eigenvalue weighted by Gasteiger charge is 2.49. The Kier molecular flexibility index (Phi) is 6.01. The molecule has 5 rings (SSSR count). The van der Waals surface area contributed by atoms with Crippen molar-refractivity contribution in [3.63, 3.8) is 0 Å². The van der Waals surface area contributed by atoms with E-state index in [2.05, 4.69) is 41.2 Å². The van der Waals surface area contributed by atoms with E-state index >= 15 is 0 Å². The Bertz CT molecular complexity index is 1190. The van der Waals surface area contributed by atoms with Crippen LogP contribution in [0.1, 0.15) is 18.4 Å². The second-order valence-corrected chi connectivity index (χ2v) is 9.44. The van der Waals surface area contributed by atoms with Crippen LogP contribution >= 0.6 is 0 Å². The molecule has 1 atom stereocenters. The first kappa shape index (κ1) is 22.4. The molecule has 0 radical (unpaired) electrons. The number of methoxy groups -OCH3 is 1. The number of hydrogen-bond acceptors (Lipinski definition) is 3. The van der Waals surface area contributed by atoms with E-state index in [1.165, 1.54) is 28.1 Å². The van der Waals surface area contributed by atoms with Crippen molar-refractivity contribution >= 4 is 5.69 Å². The molecule has 0 amide bonds. The van der Waals surface area contributed by atoms with E-state index in [0.29, 0.717) is 0 Å². The molecule has 3 aliphatic rings. The van der Waals surface area contributed by atoms with E-state index in [0.717, 1.165) is 50.3 Å². The van der Waals surface area contributed by atoms with Crippen LogP contribution in [-0.4, -0.2) is 31.6 Å². The highest BCUT2D eigenvalue weighted by molar-refractivity contribution is 5.75. The minimum atomic E-state index is -0.201. The zero-order valence-electron chi connectivity index (χ0n) is 19.8. The molecule has 0 saturated carbocycles. The lowest BCUT2D eigenvalue weighted by atomic mass is 9.67. The number of rotatable bonds is 8. The molecule has 0 N–H and O–H groups in total. The van der Waals surface area contributed by atoms with Crippen molar-refractivity contribution in [1.82, 2.24) is 4.90 Å². The number of benzene rings is 2. The maximum Gasteiger partial charge on any atom is 0.123 e. The molecular formula is C30H31FN2O. The van der Waals surface area contributed by atoms with Crippen LogP contribution in [0.2, 0.25) is 0 Å². The lowest BCUT2D eigenvalue weighted by Crippen LogP contribution is -2.47. The first-order valence-corrected chi connectivity index (χ1v) is 11.8. The van der Waals surface area contributed by atoms with Gasteiger partial charge in [-0.3, -0.25) is 4.90 Å². The third kappa shape index (κ3) is 4.26. The smallest absolute Gasteiger partial charge is 0.123 e. The summed E-state index contributed by atoms with van der Waals surface area (Å²) in [7, 11) is 1.70. The molecule has 0 bridgehead atoms. The largest absolute Gasteiger partial charge is 0.497 e. The van der Waals surface area contributed by atoms with E-state index in [-0.39, 0.29) is 11.2 Å². The fourth-order valence-electron chi connectivity index (χ4n) is 5.55. The van der Waals surface area contributed by atoms with Crippen molar-refractivity contribution in [3.8, 4) is 5.75 Å². The second-order valence-electron chi connectivity index (χ2n) is 9.44. The Morgan fingerprint density at radius 2 is 1.88 bits per heavy atom. The molecule has 2 aromatic carbocycles. The number of halogens is 1. The molecule has 3 nitrogen and oxygen atoms in total. The van der Waals surface area contributed by atoms with E-state index in [1.54, 1.807) is 19.2 Å². The lowest BCUT2D eigenvalue weighted by molar-refractivity contribution is 0.149. The van der Waals surface area contributed by atoms with Crippen molar-refractivity contribution in [2.75, 3.05) is 31.6 Å². The predicted molar refractivity (Wildman–Crippen MR) is 137 cm³/mol. The number of ether oxygens (including phenoxy) is 1. The summed E-state index contributed by atoms with van der Waals surface area (Å²) in [4.78, 5) is 4.84. The van der Waals surface area contributed by atoms with Gasteiger partial charge in [-0.1, -0.05) is 49.1 Å². The van der Waals surface area contributed by atoms with Crippen molar-refractivity contribution in [2.24, 2.45) is 5.41 Å². The standard InChI is InChI=1S/C30H31FN2O/c1-4-6-22(5-2)20-32-16-15-24-17-28-29(33(28)26-11-9-25(31)10-12-26)19-30(24,21-32)18-23-7-13-27(34-3)14-8-23/h4-14,17H,1-2,15-16,18-21H2,3H3/b22-6+. The van der Waals surface area contributed by atoms with Crippen LogP contribution in [-0.2, 0) is 6.42 Å². The van der Waals surface area contributed by atoms with E-state index < -0.39 is 0 Å². The topological polar surface area (TPSA) is 15.5 Å². The number of fused-ring (bicyclic) bond motifs is 1. The van der Waals surface area contributed by atoms with Crippen molar-refractivity contribution in [1.29, 1.82) is 0 Å². The monoisotopic (exact) mass is 454 g/mol. The predicted octanol–water partition coefficient (Wildman–Crippen LogP) is 6.43. The van der Waals surface area contributed by atoms with E-state index in [1.807, 2.05) is 42.5 Å². The van der Waals surface area contributed by atoms with Gasteiger partial charge in [0.2, 0.25) is 0 Å². The quantitative estimate of drug-likeness (QED) is 0.428. The Morgan fingerprint density at radius 1 is 1.12 bits per heavy atom. The minimum Gasteiger partial charge on any atom is -0.497 e. The van der Waals surface area contributed by atoms with Gasteiger partial charge < -0.3 is 9.64 Å². The highest BCUT2D eigenvalue weighted by atomic mass is 19.1. The fraction of sp³-hybridized carbons (Fsp3) is 0.267. The summed E-state index contributed by atoms with van der Waals surface area (Å²) >= 11 is 0. The summed E-state index contributed by atoms with van der Waals surface area (Å²) in [6, 6.07) is 15.3. The summed E-state index contributed by atoms with van der Waals surface area (Å²) in [5.41, 5.74) is 7.75. The molecular weight excluding hydrogens is 423 g/mol. The van der Waals surface area contributed by atoms with Crippen LogP contribution in [0, 0.1) is 11.2 Å². The van der Waals surface area contributed by atoms with Crippen LogP contribution in [0.3, 0.4) is 0 Å². The van der Waals surface area contributed by atoms with Gasteiger partial charge in [-0.2, -0.15) is 0 Å². The maximum atomic E-state index is 13.5. The van der Waals surface area contributed by atoms with Gasteiger partial charge in [0.05, 0.1) is 12.8 Å². The SMILES string of the molecule is C=C/C=C(\C=C)CN1CCC2=CC3=C(CC2(Cc2ccc(OC)cc2)C1)N3c1ccc(F)cc1. The Morgan fingerprint density at radius 3 is 2.56 bits per heavy atom. The molecule has 1 aliphatic carbocycles. The number of hydrogen-bond donors (Lipinski definition) is 0. The zero-order chi connectivity index (χ0) is 23.7. The van der Waals surface area contributed by atoms with Gasteiger partial charge >= 0.3 is 0 Å². The van der Waals surface area contributed by atoms with Gasteiger partial charge in [0, 0.05) is 42.9 Å². The summed E-state index contributed by atoms with van der Waals surface area (Å²) < 4.78 is 18.9. The number of piperidine rings is 1. The van der Waals surface area contributed by atoms with Crippen LogP contribution in [0.25, 0.3) is 0 Å². The van der Waals surface area contributed by atoms with Gasteiger partial charge in [-0.15, -0.1) is 0 Å². The average molecular weight is 455 g/mol. The van der Waals surface area contributed by atoms with Gasteiger partial charge in [0.1, 0.15) is 11.6 Å². The van der Waals surface area contributed by atoms with Crippen molar-refractivity contribution in [2.45, 2.75) is 19.3 Å². The summed E-state index contributed by atoms with van der Waals surface area (Å²) in [6.45, 7) is 10.7. The van der Waals surface area contributed by atoms with Crippen molar-refractivity contribution < 1.29 is 9.13 Å². The Labute approximate surface area is 201 Å². The zero-order valence-corrected chi connectivity index (χ0v) is 19.8. The van der Waals surface area contributed by atoms with Gasteiger partial charge in [-0.05, 0) is 66.5 Å². The first-order valence-electron chi connectivity index (χ1n) is 11.8. The van der Waals surface area contributed by atoms with Gasteiger partial charge in [0.25, 0.3) is 0 Å². The molecule has 0 aromatic heterocycles. The fourth-order valence-corrected chi connectivity index (χ4v) is 5.55. The molecule has 2 aliphatic heterocycles. The molecule has 0 spiro atoms. The third-order valence-electron chi connectivity index (χ3n) is 7.26. The Hall–Kier alpha value is -3.37. The van der Waals surface area contributed by atoms with Crippen LogP contribution in [0.4, 0.5) is 10.1 Å². The molecule has 1 fully saturated rings. The van der Waals surface area contributed by atoms with Crippen LogP contribution < -0.4 is 9.64 Å². The van der Waals surface area contributed by atoms with Crippen LogP contribution in [0.5, 0.6) is 5.75 Å². The first-order chi connectivity index (χ1) is 16.5. The Balaban J connectivity index is 1.43. The lowest BCUT2D eigenvalue weighted by Gasteiger charge is -2.45. The average Bonchev–Trinajstić information content (AvgIpc) is 3.54. The maximum absolute atomic E-state index is 13.5. The molecule has 2 heterocycles. The number of nitrogens with zero attached hydrogens (tertiary/aromatic N) is 2. The summed E-state index contributed by atoms with van der Waals surface area (Å²) in [6.07, 6.45) is 11.2. The summed E-state index contributed by atoms with van der Waals surface area (Å²) in [5.74, 6) is 0.679. The van der Waals surface area contributed by atoms with E-state index in [4.69, 9.17) is 4.74 Å². The van der Waals surface area contributed by atoms with Gasteiger partial charge in [-0.25, -0.2) is 4.39 Å². The van der Waals surface area contributed by atoms with Crippen molar-refractivity contribution in [3.05, 3.63) is 120 Å². The molecule has 174 valence electrons. The number of allylic oxidation sites excluding steroid dienone is 4. The number of likely N-dealkylation sites (tertiary alicyclic amines) is 1. The van der Waals surface area contributed by atoms with Gasteiger partial charge in [0.15, 0.2) is 0 Å². The highest BCUT2D eigenvalue weighted by Crippen LogP contribution is 2.55. The molecule has 34 heavy (non-hydrogen) atoms. The molecule has 1 unspecified atom stereocenters. The molecule has 2 aromatic rings. The second kappa shape index (κ2) is 9.11. The minimum absolute atomic E-state index is 0.0287. The van der Waals surface area contributed by atoms with E-state index in [9.17, 15) is 4.39 Å². The third-order valence-corrected chi connectivity index (χ3v) is 7.26. The normalized spacial score (nSPS) is 22.0.